The molecule has 2 aromatic rings. The van der Waals surface area contributed by atoms with Crippen molar-refractivity contribution in [1.29, 1.82) is 0 Å². The smallest absolute Gasteiger partial charge is 0.146 e. The molecule has 0 saturated carbocycles. The number of nitrogens with one attached hydrogen (secondary N) is 1. The molecule has 0 bridgehead atoms. The number of anilines is 2. The van der Waals surface area contributed by atoms with Crippen molar-refractivity contribution in [2.24, 2.45) is 0 Å². The third-order valence-corrected chi connectivity index (χ3v) is 5.21. The van der Waals surface area contributed by atoms with Crippen LogP contribution in [0.1, 0.15) is 31.7 Å². The van der Waals surface area contributed by atoms with Gasteiger partial charge in [0.2, 0.25) is 0 Å². The van der Waals surface area contributed by atoms with Crippen LogP contribution in [0.2, 0.25) is 5.02 Å². The predicted molar refractivity (Wildman–Crippen MR) is 121 cm³/mol. The topological polar surface area (TPSA) is 69.6 Å². The molecule has 1 aliphatic rings. The molecule has 2 unspecified atom stereocenters. The molecule has 0 radical (unpaired) electrons. The first-order valence-electron chi connectivity index (χ1n) is 9.58. The van der Waals surface area contributed by atoms with E-state index in [1.54, 1.807) is 18.2 Å². The molecule has 0 amide bonds. The van der Waals surface area contributed by atoms with Crippen LogP contribution in [0.3, 0.4) is 0 Å². The van der Waals surface area contributed by atoms with Gasteiger partial charge < -0.3 is 24.9 Å². The highest BCUT2D eigenvalue weighted by Gasteiger charge is 2.24. The molecule has 2 aromatic carbocycles. The molecule has 168 valence electrons. The maximum Gasteiger partial charge on any atom is 0.146 e. The third kappa shape index (κ3) is 7.15. The summed E-state index contributed by atoms with van der Waals surface area (Å²) >= 11 is 5.81. The summed E-state index contributed by atoms with van der Waals surface area (Å²) in [4.78, 5) is 17.9. The zero-order valence-corrected chi connectivity index (χ0v) is 18.2. The van der Waals surface area contributed by atoms with Gasteiger partial charge in [-0.25, -0.2) is 8.78 Å². The van der Waals surface area contributed by atoms with Crippen LogP contribution < -0.4 is 10.2 Å². The summed E-state index contributed by atoms with van der Waals surface area (Å²) in [6, 6.07) is 9.20. The predicted octanol–water partition coefficient (Wildman–Crippen LogP) is 5.07. The SMILES string of the molecule is C=C(Nc1ccc(F)c(Cl)c1)c1ccc(F)c(N2CC(O)CCCC2C)c1.C=O.C=O. The molecular weight excluding hydrogens is 426 g/mol. The van der Waals surface area contributed by atoms with E-state index in [0.717, 1.165) is 19.3 Å². The summed E-state index contributed by atoms with van der Waals surface area (Å²) in [6.45, 7) is 10.4. The molecule has 31 heavy (non-hydrogen) atoms. The van der Waals surface area contributed by atoms with Gasteiger partial charge in [0.25, 0.3) is 0 Å². The lowest BCUT2D eigenvalue weighted by molar-refractivity contribution is -0.0987. The van der Waals surface area contributed by atoms with E-state index < -0.39 is 11.9 Å². The lowest BCUT2D eigenvalue weighted by atomic mass is 10.1. The van der Waals surface area contributed by atoms with E-state index in [-0.39, 0.29) is 16.9 Å². The van der Waals surface area contributed by atoms with Gasteiger partial charge in [-0.1, -0.05) is 18.2 Å². The number of hydrogen-bond acceptors (Lipinski definition) is 5. The van der Waals surface area contributed by atoms with E-state index in [9.17, 15) is 13.9 Å². The molecule has 2 atom stereocenters. The van der Waals surface area contributed by atoms with Crippen LogP contribution in [0, 0.1) is 11.6 Å². The Morgan fingerprint density at radius 2 is 1.74 bits per heavy atom. The number of benzene rings is 2. The Labute approximate surface area is 186 Å². The average molecular weight is 453 g/mol. The van der Waals surface area contributed by atoms with E-state index >= 15 is 0 Å². The van der Waals surface area contributed by atoms with Gasteiger partial charge in [-0.2, -0.15) is 0 Å². The number of halogens is 3. The molecule has 1 fully saturated rings. The minimum Gasteiger partial charge on any atom is -0.391 e. The number of carbonyl (C=O) groups excluding carboxylic acids is 2. The number of nitrogens with zero attached hydrogens (tertiary/aromatic N) is 1. The second kappa shape index (κ2) is 12.8. The lowest BCUT2D eigenvalue weighted by Gasteiger charge is -2.31. The highest BCUT2D eigenvalue weighted by Crippen LogP contribution is 2.30. The van der Waals surface area contributed by atoms with Gasteiger partial charge in [0.05, 0.1) is 16.8 Å². The van der Waals surface area contributed by atoms with E-state index in [2.05, 4.69) is 11.9 Å². The van der Waals surface area contributed by atoms with Crippen LogP contribution in [0.4, 0.5) is 20.2 Å². The number of aliphatic hydroxyl groups is 1. The van der Waals surface area contributed by atoms with Crippen molar-refractivity contribution in [3.8, 4) is 0 Å². The zero-order chi connectivity index (χ0) is 23.6. The second-order valence-electron chi connectivity index (χ2n) is 6.98. The van der Waals surface area contributed by atoms with Crippen LogP contribution in [0.5, 0.6) is 0 Å². The number of hydrogen-bond donors (Lipinski definition) is 2. The fourth-order valence-corrected chi connectivity index (χ4v) is 3.56. The number of carbonyl (C=O) groups is 2. The van der Waals surface area contributed by atoms with Crippen molar-refractivity contribution in [3.63, 3.8) is 0 Å². The Balaban J connectivity index is 0.00000113. The van der Waals surface area contributed by atoms with Gasteiger partial charge in [0, 0.05) is 24.0 Å². The highest BCUT2D eigenvalue weighted by atomic mass is 35.5. The van der Waals surface area contributed by atoms with E-state index in [1.807, 2.05) is 25.4 Å². The summed E-state index contributed by atoms with van der Waals surface area (Å²) in [6.07, 6.45) is 2.07. The molecule has 1 aliphatic heterocycles. The monoisotopic (exact) mass is 452 g/mol. The Bertz CT molecular complexity index is 880. The van der Waals surface area contributed by atoms with Gasteiger partial charge in [0.15, 0.2) is 0 Å². The second-order valence-corrected chi connectivity index (χ2v) is 7.39. The van der Waals surface area contributed by atoms with Gasteiger partial charge >= 0.3 is 0 Å². The quantitative estimate of drug-likeness (QED) is 0.677. The maximum atomic E-state index is 14.5. The fourth-order valence-electron chi connectivity index (χ4n) is 3.38. The van der Waals surface area contributed by atoms with Gasteiger partial charge in [-0.3, -0.25) is 0 Å². The Morgan fingerprint density at radius 3 is 2.39 bits per heavy atom. The van der Waals surface area contributed by atoms with Crippen LogP contribution >= 0.6 is 11.6 Å². The highest BCUT2D eigenvalue weighted by molar-refractivity contribution is 6.31. The molecule has 1 saturated heterocycles. The lowest BCUT2D eigenvalue weighted by Crippen LogP contribution is -2.37. The third-order valence-electron chi connectivity index (χ3n) is 4.92. The van der Waals surface area contributed by atoms with Gasteiger partial charge in [0.1, 0.15) is 25.2 Å². The van der Waals surface area contributed by atoms with Crippen molar-refractivity contribution in [1.82, 2.24) is 0 Å². The maximum absolute atomic E-state index is 14.5. The van der Waals surface area contributed by atoms with Crippen LogP contribution in [0.15, 0.2) is 43.0 Å². The molecule has 0 spiro atoms. The molecule has 2 N–H and O–H groups in total. The standard InChI is InChI=1S/C21H23ClF2N2O.2CH2O/c1-13-4-3-5-17(27)12-26(13)21-10-15(6-8-20(21)24)14(2)25-16-7-9-19(23)18(22)11-16;2*1-2/h6-11,13,17,25,27H,2-5,12H2,1H3;2*1H2. The first-order valence-corrected chi connectivity index (χ1v) is 9.96. The Kier molecular flexibility index (Phi) is 10.9. The van der Waals surface area contributed by atoms with Gasteiger partial charge in [-0.05, 0) is 68.1 Å². The summed E-state index contributed by atoms with van der Waals surface area (Å²) in [5, 5.41) is 13.2. The number of aliphatic hydroxyl groups excluding tert-OH is 1. The first-order chi connectivity index (χ1) is 14.8. The average Bonchev–Trinajstić information content (AvgIpc) is 2.94. The molecule has 0 aliphatic carbocycles. The fraction of sp³-hybridized carbons (Fsp3) is 0.304. The Morgan fingerprint density at radius 1 is 1.10 bits per heavy atom. The van der Waals surface area contributed by atoms with Crippen LogP contribution in [-0.4, -0.2) is 37.4 Å². The number of rotatable bonds is 4. The molecule has 1 heterocycles. The van der Waals surface area contributed by atoms with Crippen LogP contribution in [0.25, 0.3) is 5.70 Å². The molecule has 3 rings (SSSR count). The van der Waals surface area contributed by atoms with Gasteiger partial charge in [-0.15, -0.1) is 0 Å². The largest absolute Gasteiger partial charge is 0.391 e. The number of β-amino-alcohol motifs (C(OH)–C–C–N with tert-alkyl or cyclic N) is 1. The minimum absolute atomic E-state index is 0.0139. The van der Waals surface area contributed by atoms with Crippen molar-refractivity contribution < 1.29 is 23.5 Å². The summed E-state index contributed by atoms with van der Waals surface area (Å²) in [5.74, 6) is -0.831. The Hall–Kier alpha value is -2.77. The molecular formula is C23H27ClF2N2O3. The normalized spacial score (nSPS) is 17.9. The molecule has 0 aromatic heterocycles. The molecule has 5 nitrogen and oxygen atoms in total. The summed E-state index contributed by atoms with van der Waals surface area (Å²) in [5.41, 5.74) is 2.29. The zero-order valence-electron chi connectivity index (χ0n) is 17.4. The summed E-state index contributed by atoms with van der Waals surface area (Å²) < 4.78 is 27.9. The van der Waals surface area contributed by atoms with Crippen LogP contribution in [-0.2, 0) is 9.59 Å². The summed E-state index contributed by atoms with van der Waals surface area (Å²) in [7, 11) is 0. The van der Waals surface area contributed by atoms with Crippen molar-refractivity contribution >= 4 is 42.3 Å². The van der Waals surface area contributed by atoms with Crippen molar-refractivity contribution in [2.75, 3.05) is 16.8 Å². The first kappa shape index (κ1) is 26.3. The van der Waals surface area contributed by atoms with E-state index in [4.69, 9.17) is 21.2 Å². The van der Waals surface area contributed by atoms with Crippen molar-refractivity contribution in [3.05, 3.63) is 65.2 Å². The van der Waals surface area contributed by atoms with Crippen molar-refractivity contribution in [2.45, 2.75) is 38.3 Å². The molecule has 8 heteroatoms. The van der Waals surface area contributed by atoms with E-state index in [0.29, 0.717) is 29.2 Å². The van der Waals surface area contributed by atoms with E-state index in [1.165, 1.54) is 18.2 Å². The minimum atomic E-state index is -0.495.